The number of likely N-dealkylation sites (tertiary alicyclic amines) is 1. The molecule has 1 heterocycles. The van der Waals surface area contributed by atoms with Crippen LogP contribution in [0.4, 0.5) is 4.39 Å². The maximum atomic E-state index is 13.4. The van der Waals surface area contributed by atoms with Gasteiger partial charge >= 0.3 is 0 Å². The quantitative estimate of drug-likeness (QED) is 0.811. The second-order valence-corrected chi connectivity index (χ2v) is 8.26. The van der Waals surface area contributed by atoms with Crippen LogP contribution in [0.25, 0.3) is 0 Å². The Morgan fingerprint density at radius 2 is 1.93 bits per heavy atom. The highest BCUT2D eigenvalue weighted by molar-refractivity contribution is 6.30. The molecule has 150 valence electrons. The molecule has 0 bridgehead atoms. The fourth-order valence-corrected chi connectivity index (χ4v) is 4.73. The van der Waals surface area contributed by atoms with Crippen molar-refractivity contribution in [3.05, 3.63) is 58.9 Å². The number of aliphatic hydroxyl groups excluding tert-OH is 1. The van der Waals surface area contributed by atoms with Gasteiger partial charge in [0.05, 0.1) is 13.2 Å². The minimum absolute atomic E-state index is 0.222. The lowest BCUT2D eigenvalue weighted by Crippen LogP contribution is -2.42. The predicted molar refractivity (Wildman–Crippen MR) is 106 cm³/mol. The zero-order chi connectivity index (χ0) is 19.7. The maximum absolute atomic E-state index is 13.4. The summed E-state index contributed by atoms with van der Waals surface area (Å²) in [6.07, 6.45) is 0.836. The molecule has 0 amide bonds. The standard InChI is InChI=1S/C22H25ClFNO3/c1-27-21-10-18(24)6-5-14(21)11-25-12-15-7-20(26)22(8-16(15)13-25)28-19-4-2-3-17(23)9-19/h2-6,9-10,15-16,20,22,26H,7-8,11-13H2,1H3/t15-,16+,20+,22+/m0/s1. The van der Waals surface area contributed by atoms with E-state index in [1.165, 1.54) is 12.1 Å². The van der Waals surface area contributed by atoms with Crippen molar-refractivity contribution >= 4 is 11.6 Å². The van der Waals surface area contributed by atoms with Gasteiger partial charge in [-0.2, -0.15) is 0 Å². The summed E-state index contributed by atoms with van der Waals surface area (Å²) in [7, 11) is 1.57. The van der Waals surface area contributed by atoms with E-state index in [9.17, 15) is 9.50 Å². The molecule has 0 aromatic heterocycles. The number of methoxy groups -OCH3 is 1. The number of hydrogen-bond acceptors (Lipinski definition) is 4. The van der Waals surface area contributed by atoms with Crippen LogP contribution < -0.4 is 9.47 Å². The van der Waals surface area contributed by atoms with E-state index in [1.807, 2.05) is 12.1 Å². The van der Waals surface area contributed by atoms with Crippen molar-refractivity contribution in [1.82, 2.24) is 4.90 Å². The molecule has 1 aliphatic carbocycles. The number of benzene rings is 2. The highest BCUT2D eigenvalue weighted by atomic mass is 35.5. The van der Waals surface area contributed by atoms with Gasteiger partial charge in [0.2, 0.25) is 0 Å². The van der Waals surface area contributed by atoms with Gasteiger partial charge in [-0.15, -0.1) is 0 Å². The van der Waals surface area contributed by atoms with Gasteiger partial charge in [0.25, 0.3) is 0 Å². The van der Waals surface area contributed by atoms with E-state index < -0.39 is 6.10 Å². The van der Waals surface area contributed by atoms with Gasteiger partial charge in [-0.1, -0.05) is 23.7 Å². The molecule has 4 atom stereocenters. The maximum Gasteiger partial charge on any atom is 0.126 e. The van der Waals surface area contributed by atoms with Crippen molar-refractivity contribution in [2.75, 3.05) is 20.2 Å². The fourth-order valence-electron chi connectivity index (χ4n) is 4.55. The molecule has 2 aromatic carbocycles. The highest BCUT2D eigenvalue weighted by Crippen LogP contribution is 2.39. The first-order chi connectivity index (χ1) is 13.5. The molecule has 4 nitrogen and oxygen atoms in total. The van der Waals surface area contributed by atoms with E-state index in [-0.39, 0.29) is 11.9 Å². The van der Waals surface area contributed by atoms with Crippen molar-refractivity contribution in [3.8, 4) is 11.5 Å². The third kappa shape index (κ3) is 4.27. The Labute approximate surface area is 169 Å². The van der Waals surface area contributed by atoms with E-state index in [0.29, 0.717) is 34.9 Å². The molecule has 2 fully saturated rings. The molecular weight excluding hydrogens is 381 g/mol. The summed E-state index contributed by atoms with van der Waals surface area (Å²) >= 11 is 6.04. The van der Waals surface area contributed by atoms with Gasteiger partial charge in [-0.05, 0) is 48.9 Å². The first kappa shape index (κ1) is 19.5. The molecule has 0 unspecified atom stereocenters. The number of fused-ring (bicyclic) bond motifs is 1. The van der Waals surface area contributed by atoms with Crippen LogP contribution in [0.1, 0.15) is 18.4 Å². The molecule has 28 heavy (non-hydrogen) atoms. The lowest BCUT2D eigenvalue weighted by atomic mass is 9.78. The van der Waals surface area contributed by atoms with Crippen LogP contribution in [-0.2, 0) is 6.54 Å². The fraction of sp³-hybridized carbons (Fsp3) is 0.455. The second kappa shape index (κ2) is 8.27. The number of nitrogens with zero attached hydrogens (tertiary/aromatic N) is 1. The monoisotopic (exact) mass is 405 g/mol. The Kier molecular flexibility index (Phi) is 5.76. The highest BCUT2D eigenvalue weighted by Gasteiger charge is 2.42. The van der Waals surface area contributed by atoms with E-state index >= 15 is 0 Å². The van der Waals surface area contributed by atoms with Crippen LogP contribution in [0, 0.1) is 17.7 Å². The minimum atomic E-state index is -0.486. The van der Waals surface area contributed by atoms with E-state index in [1.54, 1.807) is 25.3 Å². The average Bonchev–Trinajstić information content (AvgIpc) is 3.04. The Hall–Kier alpha value is -1.82. The van der Waals surface area contributed by atoms with Gasteiger partial charge < -0.3 is 14.6 Å². The van der Waals surface area contributed by atoms with E-state index in [0.717, 1.165) is 31.5 Å². The second-order valence-electron chi connectivity index (χ2n) is 7.82. The first-order valence-electron chi connectivity index (χ1n) is 9.67. The average molecular weight is 406 g/mol. The summed E-state index contributed by atoms with van der Waals surface area (Å²) in [6.45, 7) is 2.58. The number of hydrogen-bond donors (Lipinski definition) is 1. The van der Waals surface area contributed by atoms with Crippen LogP contribution in [0.2, 0.25) is 5.02 Å². The molecule has 1 saturated heterocycles. The molecule has 2 aliphatic rings. The van der Waals surface area contributed by atoms with Gasteiger partial charge in [0.1, 0.15) is 23.4 Å². The number of aliphatic hydroxyl groups is 1. The zero-order valence-corrected chi connectivity index (χ0v) is 16.6. The molecule has 1 aliphatic heterocycles. The van der Waals surface area contributed by atoms with E-state index in [4.69, 9.17) is 21.1 Å². The SMILES string of the molecule is COc1cc(F)ccc1CN1C[C@H]2C[C@@H](Oc3cccc(Cl)c3)[C@H](O)C[C@H]2C1. The number of ether oxygens (including phenoxy) is 2. The van der Waals surface area contributed by atoms with Crippen LogP contribution in [0.5, 0.6) is 11.5 Å². The van der Waals surface area contributed by atoms with Crippen molar-refractivity contribution < 1.29 is 19.0 Å². The Morgan fingerprint density at radius 3 is 2.68 bits per heavy atom. The normalized spacial score (nSPS) is 27.4. The third-order valence-corrected chi connectivity index (χ3v) is 6.12. The number of halogens is 2. The van der Waals surface area contributed by atoms with Crippen LogP contribution in [0.15, 0.2) is 42.5 Å². The minimum Gasteiger partial charge on any atom is -0.496 e. The summed E-state index contributed by atoms with van der Waals surface area (Å²) < 4.78 is 24.8. The van der Waals surface area contributed by atoms with Crippen molar-refractivity contribution in [2.24, 2.45) is 11.8 Å². The first-order valence-corrected chi connectivity index (χ1v) is 10.0. The summed E-state index contributed by atoms with van der Waals surface area (Å²) in [5, 5.41) is 11.2. The largest absolute Gasteiger partial charge is 0.496 e. The van der Waals surface area contributed by atoms with Gasteiger partial charge in [0.15, 0.2) is 0 Å². The summed E-state index contributed by atoms with van der Waals surface area (Å²) in [4.78, 5) is 2.36. The Balaban J connectivity index is 1.40. The zero-order valence-electron chi connectivity index (χ0n) is 15.9. The molecule has 4 rings (SSSR count). The van der Waals surface area contributed by atoms with Crippen molar-refractivity contribution in [1.29, 1.82) is 0 Å². The molecule has 1 saturated carbocycles. The Morgan fingerprint density at radius 1 is 1.14 bits per heavy atom. The molecular formula is C22H25ClFNO3. The molecule has 2 aromatic rings. The summed E-state index contributed by atoms with van der Waals surface area (Å²) in [6, 6.07) is 12.0. The van der Waals surface area contributed by atoms with Crippen molar-refractivity contribution in [2.45, 2.75) is 31.6 Å². The van der Waals surface area contributed by atoms with Crippen LogP contribution in [0.3, 0.4) is 0 Å². The summed E-state index contributed by atoms with van der Waals surface area (Å²) in [5.74, 6) is 1.90. The molecule has 6 heteroatoms. The summed E-state index contributed by atoms with van der Waals surface area (Å²) in [5.41, 5.74) is 0.981. The third-order valence-electron chi connectivity index (χ3n) is 5.89. The van der Waals surface area contributed by atoms with Crippen LogP contribution >= 0.6 is 11.6 Å². The topological polar surface area (TPSA) is 41.9 Å². The number of rotatable bonds is 5. The van der Waals surface area contributed by atoms with E-state index in [2.05, 4.69) is 4.90 Å². The molecule has 0 radical (unpaired) electrons. The van der Waals surface area contributed by atoms with Gasteiger partial charge in [0, 0.05) is 36.3 Å². The van der Waals surface area contributed by atoms with Crippen LogP contribution in [-0.4, -0.2) is 42.4 Å². The lowest BCUT2D eigenvalue weighted by Gasteiger charge is -2.35. The van der Waals surface area contributed by atoms with Gasteiger partial charge in [-0.25, -0.2) is 4.39 Å². The molecule has 0 spiro atoms. The molecule has 1 N–H and O–H groups in total. The van der Waals surface area contributed by atoms with Crippen molar-refractivity contribution in [3.63, 3.8) is 0 Å². The predicted octanol–water partition coefficient (Wildman–Crippen LogP) is 4.14. The van der Waals surface area contributed by atoms with Gasteiger partial charge in [-0.3, -0.25) is 4.90 Å². The smallest absolute Gasteiger partial charge is 0.126 e. The lowest BCUT2D eigenvalue weighted by molar-refractivity contribution is -0.0231. The Bertz CT molecular complexity index is 833.